The van der Waals surface area contributed by atoms with E-state index in [1.165, 1.54) is 23.4 Å². The Hall–Kier alpha value is -2.04. The van der Waals surface area contributed by atoms with Crippen LogP contribution in [0.3, 0.4) is 0 Å². The van der Waals surface area contributed by atoms with Gasteiger partial charge in [0.25, 0.3) is 0 Å². The largest absolute Gasteiger partial charge is 0.467 e. The molecule has 5 heteroatoms. The molecule has 1 unspecified atom stereocenters. The Kier molecular flexibility index (Phi) is 3.27. The third-order valence-electron chi connectivity index (χ3n) is 2.50. The fourth-order valence-corrected chi connectivity index (χ4v) is 1.73. The van der Waals surface area contributed by atoms with Crippen molar-refractivity contribution in [2.75, 3.05) is 6.61 Å². The molecule has 0 spiro atoms. The Bertz CT molecular complexity index is 435. The van der Waals surface area contributed by atoms with E-state index in [1.54, 1.807) is 19.1 Å². The van der Waals surface area contributed by atoms with Gasteiger partial charge in [-0.1, -0.05) is 0 Å². The minimum atomic E-state index is -0.474. The highest BCUT2D eigenvalue weighted by molar-refractivity contribution is 5.92. The molecule has 5 nitrogen and oxygen atoms in total. The highest BCUT2D eigenvalue weighted by Gasteiger charge is 2.31. The Labute approximate surface area is 98.6 Å². The zero-order chi connectivity index (χ0) is 12.3. The zero-order valence-electron chi connectivity index (χ0n) is 9.46. The van der Waals surface area contributed by atoms with Crippen molar-refractivity contribution >= 4 is 11.9 Å². The number of carbonyl (C=O) groups is 2. The maximum absolute atomic E-state index is 11.7. The number of hydrogen-bond acceptors (Lipinski definition) is 4. The van der Waals surface area contributed by atoms with Crippen molar-refractivity contribution in [1.82, 2.24) is 4.90 Å². The third kappa shape index (κ3) is 2.38. The smallest absolute Gasteiger partial charge is 0.414 e. The van der Waals surface area contributed by atoms with Crippen molar-refractivity contribution in [1.29, 1.82) is 0 Å². The molecule has 0 saturated heterocycles. The van der Waals surface area contributed by atoms with Crippen LogP contribution in [0.25, 0.3) is 0 Å². The molecule has 17 heavy (non-hydrogen) atoms. The average molecular weight is 235 g/mol. The van der Waals surface area contributed by atoms with Crippen LogP contribution in [0.5, 0.6) is 0 Å². The van der Waals surface area contributed by atoms with E-state index in [4.69, 9.17) is 9.15 Å². The number of carbonyl (C=O) groups excluding carboxylic acids is 2. The van der Waals surface area contributed by atoms with E-state index in [0.717, 1.165) is 0 Å². The van der Waals surface area contributed by atoms with E-state index < -0.39 is 12.1 Å². The van der Waals surface area contributed by atoms with Crippen LogP contribution in [0.4, 0.5) is 4.79 Å². The second-order valence-corrected chi connectivity index (χ2v) is 3.62. The van der Waals surface area contributed by atoms with Gasteiger partial charge in [-0.25, -0.2) is 4.79 Å². The number of nitrogens with zero attached hydrogens (tertiary/aromatic N) is 1. The molecule has 2 rings (SSSR count). The maximum atomic E-state index is 11.7. The van der Waals surface area contributed by atoms with Gasteiger partial charge < -0.3 is 9.15 Å². The van der Waals surface area contributed by atoms with Crippen molar-refractivity contribution in [3.05, 3.63) is 36.4 Å². The summed E-state index contributed by atoms with van der Waals surface area (Å²) in [5.41, 5.74) is 0. The summed E-state index contributed by atoms with van der Waals surface area (Å²) < 4.78 is 10.2. The Morgan fingerprint density at radius 2 is 2.47 bits per heavy atom. The highest BCUT2D eigenvalue weighted by atomic mass is 16.6. The van der Waals surface area contributed by atoms with Gasteiger partial charge in [-0.2, -0.15) is 0 Å². The Morgan fingerprint density at radius 3 is 3.12 bits per heavy atom. The van der Waals surface area contributed by atoms with Gasteiger partial charge >= 0.3 is 6.09 Å². The first-order valence-electron chi connectivity index (χ1n) is 5.42. The van der Waals surface area contributed by atoms with E-state index in [1.807, 2.05) is 0 Å². The quantitative estimate of drug-likeness (QED) is 0.788. The summed E-state index contributed by atoms with van der Waals surface area (Å²) >= 11 is 0. The fraction of sp³-hybridized carbons (Fsp3) is 0.333. The summed E-state index contributed by atoms with van der Waals surface area (Å²) in [6, 6.07) is 3.05. The molecule has 1 aliphatic heterocycles. The Balaban J connectivity index is 2.24. The fourth-order valence-electron chi connectivity index (χ4n) is 1.73. The molecule has 0 saturated carbocycles. The number of allylic oxidation sites excluding steroid dienone is 1. The number of ketones is 1. The minimum absolute atomic E-state index is 0.0352. The molecule has 2 heterocycles. The number of hydrogen-bond donors (Lipinski definition) is 0. The summed E-state index contributed by atoms with van der Waals surface area (Å²) in [4.78, 5) is 24.5. The molecule has 0 aliphatic carbocycles. The van der Waals surface area contributed by atoms with Gasteiger partial charge in [0.1, 0.15) is 11.8 Å². The van der Waals surface area contributed by atoms with Crippen LogP contribution in [-0.2, 0) is 9.53 Å². The lowest BCUT2D eigenvalue weighted by molar-refractivity contribution is -0.116. The molecule has 1 amide bonds. The van der Waals surface area contributed by atoms with Crippen molar-refractivity contribution in [2.24, 2.45) is 0 Å². The van der Waals surface area contributed by atoms with Gasteiger partial charge in [0.2, 0.25) is 0 Å². The second kappa shape index (κ2) is 4.86. The summed E-state index contributed by atoms with van der Waals surface area (Å²) in [5, 5.41) is 0. The normalized spacial score (nSPS) is 19.5. The molecule has 1 aromatic rings. The van der Waals surface area contributed by atoms with Crippen molar-refractivity contribution < 1.29 is 18.7 Å². The van der Waals surface area contributed by atoms with Gasteiger partial charge in [0.05, 0.1) is 12.9 Å². The van der Waals surface area contributed by atoms with Crippen molar-refractivity contribution in [3.63, 3.8) is 0 Å². The monoisotopic (exact) mass is 235 g/mol. The van der Waals surface area contributed by atoms with Crippen LogP contribution in [0.1, 0.15) is 25.1 Å². The predicted molar refractivity (Wildman–Crippen MR) is 59.1 cm³/mol. The van der Waals surface area contributed by atoms with E-state index in [9.17, 15) is 9.59 Å². The summed E-state index contributed by atoms with van der Waals surface area (Å²) in [6.07, 6.45) is 4.06. The lowest BCUT2D eigenvalue weighted by Crippen LogP contribution is -2.34. The first-order valence-corrected chi connectivity index (χ1v) is 5.42. The van der Waals surface area contributed by atoms with Gasteiger partial charge in [-0.3, -0.25) is 9.69 Å². The SMILES string of the molecule is CCOC(=O)N1C=CC(=O)CC1c1ccco1. The number of furan rings is 1. The van der Waals surface area contributed by atoms with Gasteiger partial charge in [0, 0.05) is 12.6 Å². The molecule has 90 valence electrons. The predicted octanol–water partition coefficient (Wildman–Crippen LogP) is 2.27. The molecular weight excluding hydrogens is 222 g/mol. The van der Waals surface area contributed by atoms with Gasteiger partial charge in [0.15, 0.2) is 5.78 Å². The molecule has 1 aromatic heterocycles. The number of amides is 1. The van der Waals surface area contributed by atoms with Crippen LogP contribution in [-0.4, -0.2) is 23.4 Å². The van der Waals surface area contributed by atoms with Crippen LogP contribution in [0.2, 0.25) is 0 Å². The van der Waals surface area contributed by atoms with Gasteiger partial charge in [-0.15, -0.1) is 0 Å². The van der Waals surface area contributed by atoms with Gasteiger partial charge in [-0.05, 0) is 25.1 Å². The maximum Gasteiger partial charge on any atom is 0.414 e. The molecule has 0 radical (unpaired) electrons. The molecule has 0 aromatic carbocycles. The topological polar surface area (TPSA) is 59.8 Å². The standard InChI is InChI=1S/C12H13NO4/c1-2-16-12(15)13-6-5-9(14)8-10(13)11-4-3-7-17-11/h3-7,10H,2,8H2,1H3. The van der Waals surface area contributed by atoms with E-state index >= 15 is 0 Å². The van der Waals surface area contributed by atoms with Crippen LogP contribution >= 0.6 is 0 Å². The van der Waals surface area contributed by atoms with E-state index in [-0.39, 0.29) is 12.2 Å². The molecule has 1 aliphatic rings. The minimum Gasteiger partial charge on any atom is -0.467 e. The average Bonchev–Trinajstić information content (AvgIpc) is 2.82. The molecule has 0 fully saturated rings. The number of rotatable bonds is 2. The van der Waals surface area contributed by atoms with Crippen LogP contribution in [0.15, 0.2) is 35.1 Å². The lowest BCUT2D eigenvalue weighted by atomic mass is 10.0. The third-order valence-corrected chi connectivity index (χ3v) is 2.50. The number of ether oxygens (including phenoxy) is 1. The lowest BCUT2D eigenvalue weighted by Gasteiger charge is -2.28. The Morgan fingerprint density at radius 1 is 1.65 bits per heavy atom. The molecular formula is C12H13NO4. The molecule has 1 atom stereocenters. The second-order valence-electron chi connectivity index (χ2n) is 3.62. The van der Waals surface area contributed by atoms with Crippen LogP contribution in [0, 0.1) is 0 Å². The van der Waals surface area contributed by atoms with E-state index in [0.29, 0.717) is 12.4 Å². The first-order chi connectivity index (χ1) is 8.22. The zero-order valence-corrected chi connectivity index (χ0v) is 9.46. The molecule has 0 bridgehead atoms. The first kappa shape index (κ1) is 11.4. The molecule has 0 N–H and O–H groups in total. The van der Waals surface area contributed by atoms with Crippen LogP contribution < -0.4 is 0 Å². The van der Waals surface area contributed by atoms with Crippen molar-refractivity contribution in [3.8, 4) is 0 Å². The summed E-state index contributed by atoms with van der Waals surface area (Å²) in [6.45, 7) is 2.03. The highest BCUT2D eigenvalue weighted by Crippen LogP contribution is 2.29. The van der Waals surface area contributed by atoms with Crippen molar-refractivity contribution in [2.45, 2.75) is 19.4 Å². The van der Waals surface area contributed by atoms with E-state index in [2.05, 4.69) is 0 Å². The summed E-state index contributed by atoms with van der Waals surface area (Å²) in [5.74, 6) is 0.544. The summed E-state index contributed by atoms with van der Waals surface area (Å²) in [7, 11) is 0.